The van der Waals surface area contributed by atoms with E-state index in [-0.39, 0.29) is 32.3 Å². The van der Waals surface area contributed by atoms with E-state index in [9.17, 15) is 36.2 Å². The van der Waals surface area contributed by atoms with Crippen LogP contribution in [0.1, 0.15) is 12.5 Å². The number of ether oxygens (including phenoxy) is 1. The number of hydrogen-bond donors (Lipinski definition) is 4. The highest BCUT2D eigenvalue weighted by molar-refractivity contribution is 5.80. The number of halogens is 6. The van der Waals surface area contributed by atoms with Gasteiger partial charge in [0.25, 0.3) is 0 Å². The first-order valence-electron chi connectivity index (χ1n) is 11.3. The van der Waals surface area contributed by atoms with E-state index in [1.165, 1.54) is 0 Å². The van der Waals surface area contributed by atoms with Crippen molar-refractivity contribution in [3.8, 4) is 0 Å². The van der Waals surface area contributed by atoms with Crippen molar-refractivity contribution in [2.75, 3.05) is 57.4 Å². The maximum atomic E-state index is 13.2. The van der Waals surface area contributed by atoms with E-state index in [0.29, 0.717) is 26.2 Å². The maximum Gasteiger partial charge on any atom is 0.419 e. The van der Waals surface area contributed by atoms with Crippen LogP contribution in [-0.2, 0) is 15.7 Å². The fourth-order valence-electron chi connectivity index (χ4n) is 4.06. The molecule has 0 spiro atoms. The highest BCUT2D eigenvalue weighted by Gasteiger charge is 2.51. The van der Waals surface area contributed by atoms with Crippen molar-refractivity contribution in [1.82, 2.24) is 31.0 Å². The second-order valence-corrected chi connectivity index (χ2v) is 8.81. The van der Waals surface area contributed by atoms with Gasteiger partial charge in [0.2, 0.25) is 11.9 Å². The summed E-state index contributed by atoms with van der Waals surface area (Å²) in [6.45, 7) is 3.75. The number of aliphatic hydroxyl groups excluding tert-OH is 1. The molecule has 1 aromatic heterocycles. The Morgan fingerprint density at radius 2 is 1.78 bits per heavy atom. The molecular formula is C20H29F6N7O3. The molecule has 0 radical (unpaired) electrons. The van der Waals surface area contributed by atoms with Crippen molar-refractivity contribution >= 4 is 11.9 Å². The Kier molecular flexibility index (Phi) is 9.32. The number of anilines is 1. The van der Waals surface area contributed by atoms with Crippen molar-refractivity contribution in [2.45, 2.75) is 37.5 Å². The van der Waals surface area contributed by atoms with Crippen molar-refractivity contribution in [3.05, 3.63) is 18.0 Å². The second-order valence-electron chi connectivity index (χ2n) is 8.81. The average molecular weight is 529 g/mol. The average Bonchev–Trinajstić information content (AvgIpc) is 2.78. The highest BCUT2D eigenvalue weighted by atomic mass is 19.4. The van der Waals surface area contributed by atoms with E-state index < -0.39 is 47.9 Å². The minimum atomic E-state index is -4.69. The number of carbonyl (C=O) groups excluding carboxylic acids is 1. The number of hydrogen-bond acceptors (Lipinski definition) is 9. The first-order valence-corrected chi connectivity index (χ1v) is 11.3. The Morgan fingerprint density at radius 3 is 2.36 bits per heavy atom. The van der Waals surface area contributed by atoms with E-state index in [1.54, 1.807) is 11.8 Å². The SMILES string of the molecule is C[C@@H](COCC(O)CN1CCN(c2ncc(C(F)(F)F)cn2)CC1)NC1CNNC(=O)C1C(F)(F)F. The minimum absolute atomic E-state index is 0.0266. The van der Waals surface area contributed by atoms with Gasteiger partial charge in [-0.15, -0.1) is 0 Å². The largest absolute Gasteiger partial charge is 0.419 e. The number of aliphatic hydroxyl groups is 1. The lowest BCUT2D eigenvalue weighted by atomic mass is 9.96. The number of hydrazine groups is 1. The van der Waals surface area contributed by atoms with Crippen LogP contribution in [0.25, 0.3) is 0 Å². The van der Waals surface area contributed by atoms with Crippen LogP contribution in [0.2, 0.25) is 0 Å². The maximum absolute atomic E-state index is 13.2. The molecular weight excluding hydrogens is 500 g/mol. The zero-order chi connectivity index (χ0) is 26.5. The van der Waals surface area contributed by atoms with E-state index in [4.69, 9.17) is 4.74 Å². The van der Waals surface area contributed by atoms with Crippen LogP contribution in [0.4, 0.5) is 32.3 Å². The second kappa shape index (κ2) is 11.9. The van der Waals surface area contributed by atoms with Gasteiger partial charge in [0, 0.05) is 63.7 Å². The fourth-order valence-corrected chi connectivity index (χ4v) is 4.06. The number of β-amino-alcohol motifs (C(OH)–C–C–N with tert-alkyl or cyclic N) is 1. The number of aromatic nitrogens is 2. The van der Waals surface area contributed by atoms with Crippen LogP contribution < -0.4 is 21.1 Å². The van der Waals surface area contributed by atoms with Gasteiger partial charge >= 0.3 is 12.4 Å². The molecule has 16 heteroatoms. The fraction of sp³-hybridized carbons (Fsp3) is 0.750. The molecule has 2 fully saturated rings. The van der Waals surface area contributed by atoms with Gasteiger partial charge < -0.3 is 20.1 Å². The van der Waals surface area contributed by atoms with Gasteiger partial charge in [-0.1, -0.05) is 0 Å². The van der Waals surface area contributed by atoms with E-state index in [1.807, 2.05) is 10.3 Å². The normalized spacial score (nSPS) is 23.9. The molecule has 4 atom stereocenters. The number of nitrogens with one attached hydrogen (secondary N) is 3. The van der Waals surface area contributed by atoms with Gasteiger partial charge in [0.15, 0.2) is 5.92 Å². The first-order chi connectivity index (χ1) is 16.8. The van der Waals surface area contributed by atoms with Gasteiger partial charge in [-0.3, -0.25) is 15.1 Å². The third-order valence-electron chi connectivity index (χ3n) is 5.84. The van der Waals surface area contributed by atoms with Crippen LogP contribution in [0, 0.1) is 5.92 Å². The third kappa shape index (κ3) is 7.86. The molecule has 10 nitrogen and oxygen atoms in total. The van der Waals surface area contributed by atoms with Crippen LogP contribution in [0.5, 0.6) is 0 Å². The Morgan fingerprint density at radius 1 is 1.14 bits per heavy atom. The van der Waals surface area contributed by atoms with E-state index >= 15 is 0 Å². The molecule has 4 N–H and O–H groups in total. The molecule has 3 unspecified atom stereocenters. The summed E-state index contributed by atoms with van der Waals surface area (Å²) in [7, 11) is 0. The van der Waals surface area contributed by atoms with Gasteiger partial charge in [-0.2, -0.15) is 26.3 Å². The molecule has 3 rings (SSSR count). The van der Waals surface area contributed by atoms with Gasteiger partial charge in [-0.05, 0) is 6.92 Å². The Balaban J connectivity index is 1.35. The summed E-state index contributed by atoms with van der Waals surface area (Å²) in [5.74, 6) is -3.13. The van der Waals surface area contributed by atoms with Crippen LogP contribution in [-0.4, -0.2) is 103 Å². The molecule has 2 aliphatic heterocycles. The van der Waals surface area contributed by atoms with Crippen molar-refractivity contribution < 1.29 is 41.0 Å². The Labute approximate surface area is 203 Å². The number of amides is 1. The lowest BCUT2D eigenvalue weighted by Gasteiger charge is -2.36. The lowest BCUT2D eigenvalue weighted by molar-refractivity contribution is -0.193. The van der Waals surface area contributed by atoms with E-state index in [0.717, 1.165) is 12.4 Å². The lowest BCUT2D eigenvalue weighted by Crippen LogP contribution is -2.65. The number of nitrogens with zero attached hydrogens (tertiary/aromatic N) is 4. The quantitative estimate of drug-likeness (QED) is 0.332. The molecule has 0 bridgehead atoms. The molecule has 3 heterocycles. The predicted molar refractivity (Wildman–Crippen MR) is 115 cm³/mol. The monoisotopic (exact) mass is 529 g/mol. The summed E-state index contributed by atoms with van der Waals surface area (Å²) in [5, 5.41) is 13.0. The van der Waals surface area contributed by atoms with Crippen molar-refractivity contribution in [2.24, 2.45) is 5.92 Å². The zero-order valence-corrected chi connectivity index (χ0v) is 19.4. The smallest absolute Gasteiger partial charge is 0.389 e. The third-order valence-corrected chi connectivity index (χ3v) is 5.84. The topological polar surface area (TPSA) is 115 Å². The molecule has 0 aliphatic carbocycles. The molecule has 0 saturated carbocycles. The Hall–Kier alpha value is -2.27. The molecule has 204 valence electrons. The predicted octanol–water partition coefficient (Wildman–Crippen LogP) is 0.155. The number of rotatable bonds is 9. The summed E-state index contributed by atoms with van der Waals surface area (Å²) in [4.78, 5) is 22.9. The molecule has 1 aromatic rings. The summed E-state index contributed by atoms with van der Waals surface area (Å²) < 4.78 is 83.0. The summed E-state index contributed by atoms with van der Waals surface area (Å²) >= 11 is 0. The summed E-state index contributed by atoms with van der Waals surface area (Å²) in [5.41, 5.74) is 3.50. The van der Waals surface area contributed by atoms with Gasteiger partial charge in [-0.25, -0.2) is 15.4 Å². The standard InChI is InChI=1S/C20H29F6N7O3/c1-12(30-15-8-29-31-17(35)16(15)20(24,25)26)10-36-11-14(34)9-32-2-4-33(5-3-32)18-27-6-13(7-28-18)19(21,22)23/h6-7,12,14-16,29-30,34H,2-5,8-11H2,1H3,(H,31,35)/t12-,14?,15?,16?/m0/s1. The first kappa shape index (κ1) is 28.3. The number of piperazine rings is 1. The number of carbonyl (C=O) groups is 1. The van der Waals surface area contributed by atoms with Crippen LogP contribution in [0.3, 0.4) is 0 Å². The molecule has 2 saturated heterocycles. The number of alkyl halides is 6. The van der Waals surface area contributed by atoms with Crippen molar-refractivity contribution in [3.63, 3.8) is 0 Å². The molecule has 0 aromatic carbocycles. The minimum Gasteiger partial charge on any atom is -0.389 e. The van der Waals surface area contributed by atoms with Crippen LogP contribution >= 0.6 is 0 Å². The van der Waals surface area contributed by atoms with E-state index in [2.05, 4.69) is 20.7 Å². The summed E-state index contributed by atoms with van der Waals surface area (Å²) in [6.07, 6.45) is -8.55. The summed E-state index contributed by atoms with van der Waals surface area (Å²) in [6, 6.07) is -1.67. The van der Waals surface area contributed by atoms with Crippen molar-refractivity contribution in [1.29, 1.82) is 0 Å². The highest BCUT2D eigenvalue weighted by Crippen LogP contribution is 2.30. The van der Waals surface area contributed by atoms with Gasteiger partial charge in [0.05, 0.1) is 24.9 Å². The van der Waals surface area contributed by atoms with Crippen LogP contribution in [0.15, 0.2) is 12.4 Å². The molecule has 36 heavy (non-hydrogen) atoms. The molecule has 1 amide bonds. The zero-order valence-electron chi connectivity index (χ0n) is 19.4. The van der Waals surface area contributed by atoms with Gasteiger partial charge in [0.1, 0.15) is 0 Å². The molecule has 2 aliphatic rings. The Bertz CT molecular complexity index is 850.